The third-order valence-electron chi connectivity index (χ3n) is 2.84. The highest BCUT2D eigenvalue weighted by Gasteiger charge is 2.17. The number of phenolic OH excluding ortho intramolecular Hbond substituents is 2. The van der Waals surface area contributed by atoms with Crippen molar-refractivity contribution >= 4 is 27.7 Å². The molecule has 0 spiro atoms. The van der Waals surface area contributed by atoms with Crippen LogP contribution in [-0.2, 0) is 10.0 Å². The largest absolute Gasteiger partial charge is 0.504 e. The van der Waals surface area contributed by atoms with Crippen LogP contribution in [0.5, 0.6) is 11.5 Å². The topological polar surface area (TPSA) is 90.2 Å². The van der Waals surface area contributed by atoms with Crippen LogP contribution < -0.4 is 0 Å². The van der Waals surface area contributed by atoms with E-state index in [1.54, 1.807) is 27.1 Å². The molecule has 2 aromatic rings. The average Bonchev–Trinajstić information content (AvgIpc) is 2.91. The van der Waals surface area contributed by atoms with Crippen LogP contribution in [-0.4, -0.2) is 44.0 Å². The van der Waals surface area contributed by atoms with Crippen molar-refractivity contribution in [1.82, 2.24) is 4.90 Å². The number of sulfonamides is 1. The van der Waals surface area contributed by atoms with Gasteiger partial charge in [-0.05, 0) is 42.3 Å². The van der Waals surface area contributed by atoms with Gasteiger partial charge >= 0.3 is 0 Å². The van der Waals surface area contributed by atoms with Gasteiger partial charge in [-0.25, -0.2) is 0 Å². The van der Waals surface area contributed by atoms with Gasteiger partial charge in [0.2, 0.25) is 0 Å². The van der Waals surface area contributed by atoms with Gasteiger partial charge in [-0.15, -0.1) is 15.7 Å². The lowest BCUT2D eigenvalue weighted by molar-refractivity contribution is 0.403. The van der Waals surface area contributed by atoms with Gasteiger partial charge in [0.1, 0.15) is 10.5 Å². The summed E-state index contributed by atoms with van der Waals surface area (Å²) in [6.07, 6.45) is 1.23. The van der Waals surface area contributed by atoms with Gasteiger partial charge in [-0.2, -0.15) is 8.42 Å². The fraction of sp³-hybridized carbons (Fsp3) is 0.214. The third-order valence-corrected chi connectivity index (χ3v) is 5.65. The van der Waals surface area contributed by atoms with Crippen molar-refractivity contribution in [1.29, 1.82) is 0 Å². The molecule has 0 radical (unpaired) electrons. The number of aromatic hydroxyl groups is 2. The molecule has 2 rings (SSSR count). The summed E-state index contributed by atoms with van der Waals surface area (Å²) in [6.45, 7) is 1.77. The van der Waals surface area contributed by atoms with Gasteiger partial charge in [-0.1, -0.05) is 0 Å². The highest BCUT2D eigenvalue weighted by molar-refractivity contribution is 7.92. The number of phenols is 2. The molecule has 1 heterocycles. The monoisotopic (exact) mass is 340 g/mol. The number of hydrogen-bond acceptors (Lipinski definition) is 5. The smallest absolute Gasteiger partial charge is 0.293 e. The summed E-state index contributed by atoms with van der Waals surface area (Å²) in [6, 6.07) is 5.98. The fourth-order valence-electron chi connectivity index (χ4n) is 1.76. The summed E-state index contributed by atoms with van der Waals surface area (Å²) in [4.78, 5) is 2.21. The number of benzene rings is 1. The van der Waals surface area contributed by atoms with Crippen molar-refractivity contribution in [2.75, 3.05) is 14.1 Å². The summed E-state index contributed by atoms with van der Waals surface area (Å²) in [5, 5.41) is 19.1. The van der Waals surface area contributed by atoms with Gasteiger partial charge in [0.25, 0.3) is 10.0 Å². The Morgan fingerprint density at radius 2 is 1.82 bits per heavy atom. The molecule has 0 bridgehead atoms. The normalized spacial score (nSPS) is 12.0. The Balaban J connectivity index is 2.43. The molecule has 1 aromatic carbocycles. The Labute approximate surface area is 133 Å². The van der Waals surface area contributed by atoms with Crippen molar-refractivity contribution < 1.29 is 18.6 Å². The van der Waals surface area contributed by atoms with Crippen molar-refractivity contribution in [3.05, 3.63) is 29.8 Å². The van der Waals surface area contributed by atoms with Gasteiger partial charge in [0.05, 0.1) is 0 Å². The first-order valence-electron chi connectivity index (χ1n) is 6.30. The summed E-state index contributed by atoms with van der Waals surface area (Å²) >= 11 is 1.06. The number of nitrogens with zero attached hydrogens (tertiary/aromatic N) is 2. The number of thiophene rings is 1. The highest BCUT2D eigenvalue weighted by Crippen LogP contribution is 2.38. The van der Waals surface area contributed by atoms with Crippen LogP contribution in [0.4, 0.5) is 0 Å². The van der Waals surface area contributed by atoms with E-state index in [9.17, 15) is 18.6 Å². The molecule has 1 aromatic heterocycles. The molecule has 0 aliphatic rings. The first-order valence-corrected chi connectivity index (χ1v) is 8.56. The molecule has 0 unspecified atom stereocenters. The fourth-order valence-corrected chi connectivity index (χ4v) is 4.05. The summed E-state index contributed by atoms with van der Waals surface area (Å²) in [5.41, 5.74) is 1.40. The Kier molecular flexibility index (Phi) is 4.43. The Bertz CT molecular complexity index is 823. The zero-order valence-corrected chi connectivity index (χ0v) is 13.9. The summed E-state index contributed by atoms with van der Waals surface area (Å²) in [5.74, 6) is -0.453. The SMILES string of the molecule is Cc1cc(O)c(O)cc1-c1ccc(S(=O)(=O)N=CN(C)C)s1. The van der Waals surface area contributed by atoms with E-state index >= 15 is 0 Å². The molecule has 8 heteroatoms. The lowest BCUT2D eigenvalue weighted by Crippen LogP contribution is -2.09. The molecule has 0 aliphatic heterocycles. The van der Waals surface area contributed by atoms with E-state index in [4.69, 9.17) is 0 Å². The molecule has 0 aliphatic carbocycles. The van der Waals surface area contributed by atoms with Crippen molar-refractivity contribution in [3.8, 4) is 21.9 Å². The molecule has 0 atom stereocenters. The molecular weight excluding hydrogens is 324 g/mol. The summed E-state index contributed by atoms with van der Waals surface area (Å²) < 4.78 is 27.9. The van der Waals surface area contributed by atoms with E-state index in [0.717, 1.165) is 16.9 Å². The van der Waals surface area contributed by atoms with Crippen LogP contribution in [0.3, 0.4) is 0 Å². The van der Waals surface area contributed by atoms with Crippen molar-refractivity contribution in [3.63, 3.8) is 0 Å². The second-order valence-electron chi connectivity index (χ2n) is 4.93. The highest BCUT2D eigenvalue weighted by atomic mass is 32.2. The average molecular weight is 340 g/mol. The second-order valence-corrected chi connectivity index (χ2v) is 7.88. The molecule has 0 amide bonds. The number of rotatable bonds is 4. The van der Waals surface area contributed by atoms with E-state index in [2.05, 4.69) is 4.40 Å². The first-order chi connectivity index (χ1) is 10.2. The van der Waals surface area contributed by atoms with Crippen LogP contribution in [0.1, 0.15) is 5.56 Å². The van der Waals surface area contributed by atoms with E-state index in [0.29, 0.717) is 10.4 Å². The van der Waals surface area contributed by atoms with Crippen molar-refractivity contribution in [2.45, 2.75) is 11.1 Å². The maximum absolute atomic E-state index is 12.1. The van der Waals surface area contributed by atoms with Gasteiger partial charge in [-0.3, -0.25) is 0 Å². The molecule has 0 fully saturated rings. The van der Waals surface area contributed by atoms with Gasteiger partial charge in [0.15, 0.2) is 11.5 Å². The minimum atomic E-state index is -3.74. The van der Waals surface area contributed by atoms with Gasteiger partial charge < -0.3 is 15.1 Å². The first kappa shape index (κ1) is 16.3. The lowest BCUT2D eigenvalue weighted by Gasteiger charge is -2.06. The summed E-state index contributed by atoms with van der Waals surface area (Å²) in [7, 11) is -0.375. The van der Waals surface area contributed by atoms with Crippen molar-refractivity contribution in [2.24, 2.45) is 4.40 Å². The minimum absolute atomic E-state index is 0.118. The zero-order valence-electron chi connectivity index (χ0n) is 12.3. The molecule has 6 nitrogen and oxygen atoms in total. The maximum atomic E-state index is 12.1. The maximum Gasteiger partial charge on any atom is 0.293 e. The van der Waals surface area contributed by atoms with Crippen LogP contribution in [0.15, 0.2) is 32.9 Å². The quantitative estimate of drug-likeness (QED) is 0.507. The molecule has 118 valence electrons. The molecule has 0 saturated heterocycles. The van der Waals surface area contributed by atoms with Crippen LogP contribution in [0.25, 0.3) is 10.4 Å². The second kappa shape index (κ2) is 5.98. The molecule has 0 saturated carbocycles. The third kappa shape index (κ3) is 3.40. The van der Waals surface area contributed by atoms with E-state index in [1.165, 1.54) is 29.4 Å². The van der Waals surface area contributed by atoms with Crippen LogP contribution in [0, 0.1) is 6.92 Å². The van der Waals surface area contributed by atoms with Crippen LogP contribution in [0.2, 0.25) is 0 Å². The predicted molar refractivity (Wildman–Crippen MR) is 87.2 cm³/mol. The zero-order chi connectivity index (χ0) is 16.5. The molecular formula is C14H16N2O4S2. The minimum Gasteiger partial charge on any atom is -0.504 e. The number of aryl methyl sites for hydroxylation is 1. The predicted octanol–water partition coefficient (Wildman–Crippen LogP) is 2.41. The Morgan fingerprint density at radius 3 is 2.45 bits per heavy atom. The van der Waals surface area contributed by atoms with E-state index in [-0.39, 0.29) is 15.7 Å². The lowest BCUT2D eigenvalue weighted by atomic mass is 10.1. The molecule has 22 heavy (non-hydrogen) atoms. The van der Waals surface area contributed by atoms with E-state index in [1.807, 2.05) is 0 Å². The number of hydrogen-bond donors (Lipinski definition) is 2. The van der Waals surface area contributed by atoms with Crippen LogP contribution >= 0.6 is 11.3 Å². The Morgan fingerprint density at radius 1 is 1.18 bits per heavy atom. The standard InChI is InChI=1S/C14H16N2O4S2/c1-9-6-11(17)12(18)7-10(9)13-4-5-14(21-13)22(19,20)15-8-16(2)3/h4-8,17-18H,1-3H3. The van der Waals surface area contributed by atoms with E-state index < -0.39 is 10.0 Å². The van der Waals surface area contributed by atoms with Gasteiger partial charge in [0, 0.05) is 19.0 Å². The molecule has 2 N–H and O–H groups in total. The Hall–Kier alpha value is -2.06.